The highest BCUT2D eigenvalue weighted by atomic mass is 32.1. The first-order valence-corrected chi connectivity index (χ1v) is 12.0. The number of anilines is 1. The quantitative estimate of drug-likeness (QED) is 0.513. The number of thiazole rings is 1. The highest BCUT2D eigenvalue weighted by Gasteiger charge is 2.23. The second-order valence-corrected chi connectivity index (χ2v) is 9.59. The number of aryl methyl sites for hydroxylation is 2. The third kappa shape index (κ3) is 5.31. The number of piperidine rings is 1. The van der Waals surface area contributed by atoms with Gasteiger partial charge in [-0.05, 0) is 49.0 Å². The maximum Gasteiger partial charge on any atom is 0.328 e. The lowest BCUT2D eigenvalue weighted by atomic mass is 10.1. The Balaban J connectivity index is 1.68. The van der Waals surface area contributed by atoms with E-state index in [4.69, 9.17) is 15.1 Å². The van der Waals surface area contributed by atoms with E-state index in [-0.39, 0.29) is 11.1 Å². The molecule has 33 heavy (non-hydrogen) atoms. The van der Waals surface area contributed by atoms with Crippen LogP contribution in [0.5, 0.6) is 0 Å². The van der Waals surface area contributed by atoms with E-state index in [9.17, 15) is 14.7 Å². The molecule has 0 bridgehead atoms. The number of fused-ring (bicyclic) bond motifs is 1. The van der Waals surface area contributed by atoms with Gasteiger partial charge in [0, 0.05) is 37.2 Å². The summed E-state index contributed by atoms with van der Waals surface area (Å²) in [6.45, 7) is 5.27. The fourth-order valence-electron chi connectivity index (χ4n) is 3.98. The predicted octanol–water partition coefficient (Wildman–Crippen LogP) is 3.12. The number of carboxylic acids is 1. The Labute approximate surface area is 195 Å². The number of rotatable bonds is 7. The largest absolute Gasteiger partial charge is 0.478 e. The molecule has 1 aliphatic heterocycles. The second kappa shape index (κ2) is 9.84. The Morgan fingerprint density at radius 1 is 1.33 bits per heavy atom. The molecule has 3 aromatic heterocycles. The van der Waals surface area contributed by atoms with Gasteiger partial charge in [-0.1, -0.05) is 13.8 Å². The molecule has 1 saturated heterocycles. The van der Waals surface area contributed by atoms with E-state index in [0.717, 1.165) is 41.6 Å². The number of aliphatic hydroxyl groups is 1. The van der Waals surface area contributed by atoms with Gasteiger partial charge in [-0.25, -0.2) is 14.8 Å². The topological polar surface area (TPSA) is 108 Å². The zero-order valence-electron chi connectivity index (χ0n) is 18.8. The summed E-state index contributed by atoms with van der Waals surface area (Å²) in [7, 11) is 0. The molecule has 0 spiro atoms. The first-order chi connectivity index (χ1) is 15.8. The third-order valence-corrected chi connectivity index (χ3v) is 6.71. The van der Waals surface area contributed by atoms with Crippen molar-refractivity contribution < 1.29 is 15.0 Å². The van der Waals surface area contributed by atoms with Crippen LogP contribution in [-0.4, -0.2) is 49.7 Å². The van der Waals surface area contributed by atoms with E-state index in [1.54, 1.807) is 17.5 Å². The maximum atomic E-state index is 13.2. The van der Waals surface area contributed by atoms with Crippen LogP contribution in [0.15, 0.2) is 34.6 Å². The third-order valence-electron chi connectivity index (χ3n) is 5.79. The van der Waals surface area contributed by atoms with Gasteiger partial charge in [-0.15, -0.1) is 11.3 Å². The van der Waals surface area contributed by atoms with Crippen LogP contribution in [0.3, 0.4) is 0 Å². The Kier molecular flexibility index (Phi) is 6.90. The number of hydrogen-bond donors (Lipinski definition) is 2. The minimum atomic E-state index is -1.14. The van der Waals surface area contributed by atoms with Crippen molar-refractivity contribution >= 4 is 34.8 Å². The molecule has 0 aromatic carbocycles. The van der Waals surface area contributed by atoms with Crippen molar-refractivity contribution in [2.45, 2.75) is 51.6 Å². The SMILES string of the molecule is CC(C)c1csc(CCc2ccn3c(=O)c(C=CC(=O)O)c(N4CCC[C@H](O)C4)nc3c2)n1. The van der Waals surface area contributed by atoms with E-state index in [2.05, 4.69) is 19.2 Å². The highest BCUT2D eigenvalue weighted by Crippen LogP contribution is 2.23. The summed E-state index contributed by atoms with van der Waals surface area (Å²) in [5, 5.41) is 22.4. The number of aliphatic carboxylic acids is 1. The van der Waals surface area contributed by atoms with Crippen molar-refractivity contribution in [3.05, 3.63) is 62.0 Å². The molecule has 2 N–H and O–H groups in total. The smallest absolute Gasteiger partial charge is 0.328 e. The number of nitrogens with zero attached hydrogens (tertiary/aromatic N) is 4. The lowest BCUT2D eigenvalue weighted by molar-refractivity contribution is -0.131. The van der Waals surface area contributed by atoms with Gasteiger partial charge in [0.25, 0.3) is 5.56 Å². The van der Waals surface area contributed by atoms with E-state index in [1.807, 2.05) is 17.0 Å². The number of carbonyl (C=O) groups is 1. The maximum absolute atomic E-state index is 13.2. The fourth-order valence-corrected chi connectivity index (χ4v) is 4.94. The van der Waals surface area contributed by atoms with Crippen molar-refractivity contribution in [1.82, 2.24) is 14.4 Å². The predicted molar refractivity (Wildman–Crippen MR) is 129 cm³/mol. The van der Waals surface area contributed by atoms with Crippen LogP contribution in [0.25, 0.3) is 11.7 Å². The molecule has 174 valence electrons. The van der Waals surface area contributed by atoms with E-state index < -0.39 is 12.1 Å². The van der Waals surface area contributed by atoms with Crippen molar-refractivity contribution in [2.24, 2.45) is 0 Å². The van der Waals surface area contributed by atoms with Crippen molar-refractivity contribution in [2.75, 3.05) is 18.0 Å². The molecule has 1 fully saturated rings. The van der Waals surface area contributed by atoms with Crippen LogP contribution >= 0.6 is 11.3 Å². The van der Waals surface area contributed by atoms with Gasteiger partial charge in [0.1, 0.15) is 11.5 Å². The van der Waals surface area contributed by atoms with Gasteiger partial charge in [-0.2, -0.15) is 0 Å². The van der Waals surface area contributed by atoms with Gasteiger partial charge in [0.15, 0.2) is 0 Å². The van der Waals surface area contributed by atoms with Crippen molar-refractivity contribution in [3.8, 4) is 0 Å². The summed E-state index contributed by atoms with van der Waals surface area (Å²) in [5.74, 6) is -0.319. The Hall–Kier alpha value is -3.04. The average molecular weight is 469 g/mol. The van der Waals surface area contributed by atoms with Gasteiger partial charge in [-0.3, -0.25) is 9.20 Å². The molecule has 0 amide bonds. The van der Waals surface area contributed by atoms with Crippen LogP contribution in [0.2, 0.25) is 0 Å². The lowest BCUT2D eigenvalue weighted by Gasteiger charge is -2.32. The van der Waals surface area contributed by atoms with Crippen LogP contribution in [0, 0.1) is 0 Å². The van der Waals surface area contributed by atoms with Crippen molar-refractivity contribution in [3.63, 3.8) is 0 Å². The molecule has 1 aliphatic rings. The lowest BCUT2D eigenvalue weighted by Crippen LogP contribution is -2.40. The van der Waals surface area contributed by atoms with Crippen LogP contribution < -0.4 is 10.5 Å². The van der Waals surface area contributed by atoms with Gasteiger partial charge in [0.05, 0.1) is 22.4 Å². The Morgan fingerprint density at radius 3 is 2.85 bits per heavy atom. The summed E-state index contributed by atoms with van der Waals surface area (Å²) >= 11 is 1.67. The molecular weight excluding hydrogens is 440 g/mol. The number of β-amino-alcohol motifs (C(OH)–C–C–N with tert-alkyl or cyclic N) is 1. The molecule has 9 heteroatoms. The van der Waals surface area contributed by atoms with E-state index in [0.29, 0.717) is 36.9 Å². The molecule has 3 aromatic rings. The van der Waals surface area contributed by atoms with E-state index in [1.165, 1.54) is 10.5 Å². The summed E-state index contributed by atoms with van der Waals surface area (Å²) in [6, 6.07) is 3.79. The van der Waals surface area contributed by atoms with E-state index >= 15 is 0 Å². The molecule has 8 nitrogen and oxygen atoms in total. The summed E-state index contributed by atoms with van der Waals surface area (Å²) in [6.07, 6.45) is 6.48. The molecule has 4 rings (SSSR count). The second-order valence-electron chi connectivity index (χ2n) is 8.65. The number of pyridine rings is 1. The Bertz CT molecular complexity index is 1250. The zero-order valence-corrected chi connectivity index (χ0v) is 19.6. The van der Waals surface area contributed by atoms with Gasteiger partial charge < -0.3 is 15.1 Å². The number of aliphatic hydroxyl groups excluding tert-OH is 1. The number of hydrogen-bond acceptors (Lipinski definition) is 7. The van der Waals surface area contributed by atoms with Crippen LogP contribution in [-0.2, 0) is 17.6 Å². The molecule has 0 aliphatic carbocycles. The van der Waals surface area contributed by atoms with Crippen molar-refractivity contribution in [1.29, 1.82) is 0 Å². The molecular formula is C24H28N4O4S. The van der Waals surface area contributed by atoms with Crippen LogP contribution in [0.1, 0.15) is 54.4 Å². The molecule has 4 heterocycles. The number of aromatic nitrogens is 3. The highest BCUT2D eigenvalue weighted by molar-refractivity contribution is 7.09. The monoisotopic (exact) mass is 468 g/mol. The Morgan fingerprint density at radius 2 is 2.15 bits per heavy atom. The molecule has 0 unspecified atom stereocenters. The first kappa shape index (κ1) is 23.1. The van der Waals surface area contributed by atoms with Crippen LogP contribution in [0.4, 0.5) is 5.82 Å². The van der Waals surface area contributed by atoms with Gasteiger partial charge >= 0.3 is 5.97 Å². The molecule has 1 atom stereocenters. The fraction of sp³-hybridized carbons (Fsp3) is 0.417. The average Bonchev–Trinajstić information content (AvgIpc) is 3.26. The summed E-state index contributed by atoms with van der Waals surface area (Å²) in [5.41, 5.74) is 2.53. The summed E-state index contributed by atoms with van der Waals surface area (Å²) in [4.78, 5) is 35.6. The minimum Gasteiger partial charge on any atom is -0.478 e. The minimum absolute atomic E-state index is 0.209. The number of carboxylic acid groups (broad SMARTS) is 1. The normalized spacial score (nSPS) is 16.8. The van der Waals surface area contributed by atoms with Gasteiger partial charge in [0.2, 0.25) is 0 Å². The first-order valence-electron chi connectivity index (χ1n) is 11.2. The standard InChI is InChI=1S/C24H28N4O4S/c1-15(2)19-14-33-21(25-19)7-5-16-9-11-28-20(12-16)26-23(27-10-3-4-17(29)13-27)18(24(28)32)6-8-22(30)31/h6,8-9,11-12,14-15,17,29H,3-5,7,10,13H2,1-2H3,(H,30,31)/t17-/m0/s1. The molecule has 0 saturated carbocycles. The molecule has 0 radical (unpaired) electrons. The zero-order chi connectivity index (χ0) is 23.5. The summed E-state index contributed by atoms with van der Waals surface area (Å²) < 4.78 is 1.44.